The lowest BCUT2D eigenvalue weighted by Gasteiger charge is -2.36. The van der Waals surface area contributed by atoms with E-state index in [1.54, 1.807) is 18.4 Å². The number of methoxy groups -OCH3 is 1. The molecule has 1 saturated heterocycles. The van der Waals surface area contributed by atoms with Crippen molar-refractivity contribution in [1.29, 1.82) is 0 Å². The Morgan fingerprint density at radius 3 is 2.71 bits per heavy atom. The van der Waals surface area contributed by atoms with Crippen LogP contribution in [-0.4, -0.2) is 29.4 Å². The fraction of sp³-hybridized carbons (Fsp3) is 0.474. The Hall–Kier alpha value is -1.88. The summed E-state index contributed by atoms with van der Waals surface area (Å²) in [5.74, 6) is 0.850. The van der Waals surface area contributed by atoms with Gasteiger partial charge in [-0.25, -0.2) is 4.98 Å². The number of carbonyl (C=O) groups is 1. The maximum absolute atomic E-state index is 13.1. The predicted molar refractivity (Wildman–Crippen MR) is 96.6 cm³/mol. The summed E-state index contributed by atoms with van der Waals surface area (Å²) in [6.45, 7) is 4.82. The number of ether oxygens (including phenoxy) is 1. The molecule has 0 spiro atoms. The van der Waals surface area contributed by atoms with Gasteiger partial charge in [0.15, 0.2) is 0 Å². The largest absolute Gasteiger partial charge is 0.497 e. The van der Waals surface area contributed by atoms with E-state index in [1.165, 1.54) is 0 Å². The van der Waals surface area contributed by atoms with Gasteiger partial charge in [-0.2, -0.15) is 0 Å². The molecule has 0 N–H and O–H groups in total. The molecular formula is C19H24N2O2S. The van der Waals surface area contributed by atoms with E-state index in [9.17, 15) is 4.79 Å². The van der Waals surface area contributed by atoms with Crippen LogP contribution in [0.2, 0.25) is 0 Å². The SMILES string of the molecule is COc1ccc(C(C)C(=O)N2CCCCC2c2nc(C)cs2)cc1. The van der Waals surface area contributed by atoms with Gasteiger partial charge < -0.3 is 9.64 Å². The Labute approximate surface area is 147 Å². The number of rotatable bonds is 4. The van der Waals surface area contributed by atoms with Crippen molar-refractivity contribution in [3.8, 4) is 5.75 Å². The highest BCUT2D eigenvalue weighted by Crippen LogP contribution is 2.35. The number of likely N-dealkylation sites (tertiary alicyclic amines) is 1. The maximum Gasteiger partial charge on any atom is 0.230 e. The number of nitrogens with zero attached hydrogens (tertiary/aromatic N) is 2. The molecule has 1 fully saturated rings. The van der Waals surface area contributed by atoms with Crippen LogP contribution < -0.4 is 4.74 Å². The summed E-state index contributed by atoms with van der Waals surface area (Å²) in [6, 6.07) is 7.92. The minimum absolute atomic E-state index is 0.130. The predicted octanol–water partition coefficient (Wildman–Crippen LogP) is 4.32. The van der Waals surface area contributed by atoms with E-state index in [0.717, 1.165) is 47.8 Å². The molecule has 24 heavy (non-hydrogen) atoms. The van der Waals surface area contributed by atoms with Crippen molar-refractivity contribution in [2.75, 3.05) is 13.7 Å². The molecule has 1 amide bonds. The molecule has 0 saturated carbocycles. The zero-order valence-electron chi connectivity index (χ0n) is 14.5. The van der Waals surface area contributed by atoms with Crippen LogP contribution in [0, 0.1) is 6.92 Å². The second kappa shape index (κ2) is 7.34. The Bertz CT molecular complexity index is 696. The van der Waals surface area contributed by atoms with E-state index in [0.29, 0.717) is 0 Å². The van der Waals surface area contributed by atoms with Gasteiger partial charge >= 0.3 is 0 Å². The summed E-state index contributed by atoms with van der Waals surface area (Å²) < 4.78 is 5.20. The lowest BCUT2D eigenvalue weighted by atomic mass is 9.95. The van der Waals surface area contributed by atoms with Crippen LogP contribution in [-0.2, 0) is 4.79 Å². The molecule has 5 heteroatoms. The van der Waals surface area contributed by atoms with Crippen LogP contribution in [0.4, 0.5) is 0 Å². The first-order chi connectivity index (χ1) is 11.6. The number of piperidine rings is 1. The van der Waals surface area contributed by atoms with Crippen molar-refractivity contribution >= 4 is 17.2 Å². The van der Waals surface area contributed by atoms with Crippen molar-refractivity contribution in [3.63, 3.8) is 0 Å². The zero-order chi connectivity index (χ0) is 17.1. The zero-order valence-corrected chi connectivity index (χ0v) is 15.3. The molecular weight excluding hydrogens is 320 g/mol. The van der Waals surface area contributed by atoms with Gasteiger partial charge in [-0.3, -0.25) is 4.79 Å². The third-order valence-corrected chi connectivity index (χ3v) is 5.76. The summed E-state index contributed by atoms with van der Waals surface area (Å²) in [6.07, 6.45) is 3.24. The first kappa shape index (κ1) is 17.0. The second-order valence-corrected chi connectivity index (χ2v) is 7.25. The fourth-order valence-corrected chi connectivity index (χ4v) is 4.20. The summed E-state index contributed by atoms with van der Waals surface area (Å²) in [5, 5.41) is 3.14. The van der Waals surface area contributed by atoms with Gasteiger partial charge in [-0.1, -0.05) is 12.1 Å². The second-order valence-electron chi connectivity index (χ2n) is 6.37. The van der Waals surface area contributed by atoms with Crippen molar-refractivity contribution in [2.24, 2.45) is 0 Å². The number of amides is 1. The van der Waals surface area contributed by atoms with E-state index in [4.69, 9.17) is 4.74 Å². The normalized spacial score (nSPS) is 19.1. The van der Waals surface area contributed by atoms with E-state index in [-0.39, 0.29) is 17.9 Å². The van der Waals surface area contributed by atoms with Gasteiger partial charge in [0.2, 0.25) is 5.91 Å². The fourth-order valence-electron chi connectivity index (χ4n) is 3.26. The van der Waals surface area contributed by atoms with Crippen LogP contribution >= 0.6 is 11.3 Å². The quantitative estimate of drug-likeness (QED) is 0.829. The molecule has 128 valence electrons. The van der Waals surface area contributed by atoms with Gasteiger partial charge in [0.25, 0.3) is 0 Å². The molecule has 3 rings (SSSR count). The molecule has 2 atom stereocenters. The Balaban J connectivity index is 1.80. The van der Waals surface area contributed by atoms with Crippen LogP contribution in [0.3, 0.4) is 0 Å². The molecule has 4 nitrogen and oxygen atoms in total. The van der Waals surface area contributed by atoms with Crippen LogP contribution in [0.5, 0.6) is 5.75 Å². The highest BCUT2D eigenvalue weighted by Gasteiger charge is 2.32. The number of benzene rings is 1. The molecule has 1 aliphatic rings. The first-order valence-corrected chi connectivity index (χ1v) is 9.34. The minimum Gasteiger partial charge on any atom is -0.497 e. The van der Waals surface area contributed by atoms with Crippen LogP contribution in [0.1, 0.15) is 54.4 Å². The number of hydrogen-bond donors (Lipinski definition) is 0. The molecule has 1 aliphatic heterocycles. The average Bonchev–Trinajstić information content (AvgIpc) is 3.07. The van der Waals surface area contributed by atoms with Gasteiger partial charge in [0.05, 0.1) is 19.1 Å². The van der Waals surface area contributed by atoms with E-state index in [2.05, 4.69) is 10.4 Å². The standard InChI is InChI=1S/C19H24N2O2S/c1-13-12-24-18(20-13)17-6-4-5-11-21(17)19(22)14(2)15-7-9-16(23-3)10-8-15/h7-10,12,14,17H,4-6,11H2,1-3H3. The number of carbonyl (C=O) groups excluding carboxylic acids is 1. The van der Waals surface area contributed by atoms with Gasteiger partial charge in [0, 0.05) is 17.6 Å². The van der Waals surface area contributed by atoms with Crippen LogP contribution in [0.15, 0.2) is 29.6 Å². The monoisotopic (exact) mass is 344 g/mol. The third-order valence-electron chi connectivity index (χ3n) is 4.69. The Kier molecular flexibility index (Phi) is 5.19. The Morgan fingerprint density at radius 1 is 1.33 bits per heavy atom. The lowest BCUT2D eigenvalue weighted by molar-refractivity contribution is -0.136. The number of aromatic nitrogens is 1. The molecule has 2 unspecified atom stereocenters. The molecule has 0 radical (unpaired) electrons. The summed E-state index contributed by atoms with van der Waals surface area (Å²) >= 11 is 1.67. The van der Waals surface area contributed by atoms with Gasteiger partial charge in [-0.05, 0) is 50.8 Å². The van der Waals surface area contributed by atoms with E-state index >= 15 is 0 Å². The van der Waals surface area contributed by atoms with Crippen molar-refractivity contribution in [2.45, 2.75) is 45.1 Å². The van der Waals surface area contributed by atoms with Crippen molar-refractivity contribution in [3.05, 3.63) is 45.9 Å². The maximum atomic E-state index is 13.1. The third kappa shape index (κ3) is 3.46. The minimum atomic E-state index is -0.155. The number of thiazole rings is 1. The highest BCUT2D eigenvalue weighted by atomic mass is 32.1. The highest BCUT2D eigenvalue weighted by molar-refractivity contribution is 7.09. The van der Waals surface area contributed by atoms with Gasteiger partial charge in [-0.15, -0.1) is 11.3 Å². The average molecular weight is 344 g/mol. The molecule has 2 aromatic rings. The van der Waals surface area contributed by atoms with E-state index < -0.39 is 0 Å². The molecule has 0 aliphatic carbocycles. The van der Waals surface area contributed by atoms with Gasteiger partial charge in [0.1, 0.15) is 10.8 Å². The number of aryl methyl sites for hydroxylation is 1. The molecule has 1 aromatic carbocycles. The first-order valence-electron chi connectivity index (χ1n) is 8.46. The Morgan fingerprint density at radius 2 is 2.08 bits per heavy atom. The van der Waals surface area contributed by atoms with Crippen molar-refractivity contribution in [1.82, 2.24) is 9.88 Å². The van der Waals surface area contributed by atoms with Crippen molar-refractivity contribution < 1.29 is 9.53 Å². The lowest BCUT2D eigenvalue weighted by Crippen LogP contribution is -2.40. The molecule has 0 bridgehead atoms. The smallest absolute Gasteiger partial charge is 0.230 e. The molecule has 1 aromatic heterocycles. The number of hydrogen-bond acceptors (Lipinski definition) is 4. The molecule has 2 heterocycles. The summed E-state index contributed by atoms with van der Waals surface area (Å²) in [7, 11) is 1.65. The summed E-state index contributed by atoms with van der Waals surface area (Å²) in [5.41, 5.74) is 2.07. The van der Waals surface area contributed by atoms with E-state index in [1.807, 2.05) is 43.0 Å². The van der Waals surface area contributed by atoms with Crippen LogP contribution in [0.25, 0.3) is 0 Å². The summed E-state index contributed by atoms with van der Waals surface area (Å²) in [4.78, 5) is 19.8. The topological polar surface area (TPSA) is 42.4 Å².